The van der Waals surface area contributed by atoms with Gasteiger partial charge in [-0.15, -0.1) is 0 Å². The van der Waals surface area contributed by atoms with E-state index in [1.54, 1.807) is 16.2 Å². The molecule has 0 spiro atoms. The summed E-state index contributed by atoms with van der Waals surface area (Å²) >= 11 is 0. The molecule has 72 valence electrons. The molecule has 1 heterocycles. The number of nitrogens with zero attached hydrogens (tertiary/aromatic N) is 2. The molecular formula is C8H13N3O2. The third-order valence-corrected chi connectivity index (χ3v) is 1.83. The van der Waals surface area contributed by atoms with Crippen molar-refractivity contribution in [2.24, 2.45) is 0 Å². The number of rotatable bonds is 3. The van der Waals surface area contributed by atoms with Crippen LogP contribution in [-0.2, 0) is 13.0 Å². The number of amides is 1. The van der Waals surface area contributed by atoms with E-state index in [0.29, 0.717) is 12.2 Å². The van der Waals surface area contributed by atoms with Crippen molar-refractivity contribution in [3.05, 3.63) is 17.5 Å². The molecule has 0 fully saturated rings. The van der Waals surface area contributed by atoms with Crippen LogP contribution in [0.5, 0.6) is 0 Å². The van der Waals surface area contributed by atoms with Crippen LogP contribution in [0.25, 0.3) is 0 Å². The lowest BCUT2D eigenvalue weighted by atomic mass is 10.3. The van der Waals surface area contributed by atoms with E-state index in [-0.39, 0.29) is 0 Å². The van der Waals surface area contributed by atoms with E-state index < -0.39 is 5.91 Å². The van der Waals surface area contributed by atoms with Gasteiger partial charge in [0.05, 0.1) is 5.69 Å². The summed E-state index contributed by atoms with van der Waals surface area (Å²) < 4.78 is 1.56. The summed E-state index contributed by atoms with van der Waals surface area (Å²) in [6, 6.07) is 1.68. The van der Waals surface area contributed by atoms with Crippen molar-refractivity contribution in [1.82, 2.24) is 15.3 Å². The molecule has 1 rings (SSSR count). The Hall–Kier alpha value is -1.36. The number of hydroxylamine groups is 1. The first-order valence-corrected chi connectivity index (χ1v) is 4.24. The first-order valence-electron chi connectivity index (χ1n) is 4.24. The molecule has 0 aliphatic rings. The van der Waals surface area contributed by atoms with Crippen LogP contribution in [0.4, 0.5) is 0 Å². The van der Waals surface area contributed by atoms with Gasteiger partial charge in [-0.3, -0.25) is 14.7 Å². The molecule has 13 heavy (non-hydrogen) atoms. The molecule has 0 aliphatic heterocycles. The van der Waals surface area contributed by atoms with Crippen molar-refractivity contribution in [1.29, 1.82) is 0 Å². The van der Waals surface area contributed by atoms with E-state index in [9.17, 15) is 4.79 Å². The number of nitrogens with one attached hydrogen (secondary N) is 1. The number of carbonyl (C=O) groups is 1. The van der Waals surface area contributed by atoms with Gasteiger partial charge in [-0.1, -0.05) is 6.92 Å². The highest BCUT2D eigenvalue weighted by Crippen LogP contribution is 2.04. The minimum absolute atomic E-state index is 0.391. The van der Waals surface area contributed by atoms with E-state index >= 15 is 0 Å². The Bertz CT molecular complexity index is 306. The van der Waals surface area contributed by atoms with E-state index in [0.717, 1.165) is 12.1 Å². The average molecular weight is 183 g/mol. The third-order valence-electron chi connectivity index (χ3n) is 1.83. The predicted molar refractivity (Wildman–Crippen MR) is 46.5 cm³/mol. The minimum atomic E-state index is -0.519. The van der Waals surface area contributed by atoms with E-state index in [2.05, 4.69) is 5.10 Å². The lowest BCUT2D eigenvalue weighted by molar-refractivity contribution is 0.0694. The smallest absolute Gasteiger partial charge is 0.288 e. The van der Waals surface area contributed by atoms with Gasteiger partial charge in [0.25, 0.3) is 5.91 Å². The van der Waals surface area contributed by atoms with Crippen LogP contribution in [0.3, 0.4) is 0 Å². The van der Waals surface area contributed by atoms with Crippen molar-refractivity contribution in [2.45, 2.75) is 26.8 Å². The maximum atomic E-state index is 11.1. The lowest BCUT2D eigenvalue weighted by Gasteiger charge is -2.00. The number of hydrogen-bond donors (Lipinski definition) is 2. The molecule has 0 aliphatic carbocycles. The quantitative estimate of drug-likeness (QED) is 0.532. The maximum absolute atomic E-state index is 11.1. The Balaban J connectivity index is 3.03. The molecule has 1 aromatic heterocycles. The van der Waals surface area contributed by atoms with Crippen LogP contribution < -0.4 is 5.48 Å². The Kier molecular flexibility index (Phi) is 3.02. The van der Waals surface area contributed by atoms with Gasteiger partial charge in [-0.2, -0.15) is 5.10 Å². The van der Waals surface area contributed by atoms with Crippen molar-refractivity contribution in [3.63, 3.8) is 0 Å². The first kappa shape index (κ1) is 9.73. The van der Waals surface area contributed by atoms with Gasteiger partial charge in [-0.05, 0) is 19.4 Å². The third kappa shape index (κ3) is 1.86. The second-order valence-corrected chi connectivity index (χ2v) is 2.63. The fourth-order valence-electron chi connectivity index (χ4n) is 1.12. The minimum Gasteiger partial charge on any atom is -0.288 e. The molecule has 0 atom stereocenters. The van der Waals surface area contributed by atoms with Crippen LogP contribution in [0, 0.1) is 0 Å². The van der Waals surface area contributed by atoms with E-state index in [1.807, 2.05) is 13.8 Å². The number of aryl methyl sites for hydroxylation is 2. The number of aromatic nitrogens is 2. The molecule has 0 bridgehead atoms. The molecule has 0 aromatic carbocycles. The van der Waals surface area contributed by atoms with Crippen molar-refractivity contribution < 1.29 is 10.0 Å². The zero-order valence-corrected chi connectivity index (χ0v) is 7.74. The zero-order chi connectivity index (χ0) is 9.84. The summed E-state index contributed by atoms with van der Waals surface area (Å²) in [6.07, 6.45) is 0.776. The normalized spacial score (nSPS) is 10.1. The molecule has 0 radical (unpaired) electrons. The predicted octanol–water partition coefficient (Wildman–Crippen LogP) is 0.584. The van der Waals surface area contributed by atoms with Gasteiger partial charge < -0.3 is 0 Å². The maximum Gasteiger partial charge on any atom is 0.292 e. The SMILES string of the molecule is CCc1cc(C(=O)NO)n(CC)n1. The summed E-state index contributed by atoms with van der Waals surface area (Å²) in [7, 11) is 0. The summed E-state index contributed by atoms with van der Waals surface area (Å²) in [6.45, 7) is 4.46. The van der Waals surface area contributed by atoms with E-state index in [1.165, 1.54) is 0 Å². The number of hydrogen-bond acceptors (Lipinski definition) is 3. The second-order valence-electron chi connectivity index (χ2n) is 2.63. The van der Waals surface area contributed by atoms with Crippen LogP contribution in [0.2, 0.25) is 0 Å². The monoisotopic (exact) mass is 183 g/mol. The molecule has 1 amide bonds. The molecule has 5 nitrogen and oxygen atoms in total. The Morgan fingerprint density at radius 1 is 1.69 bits per heavy atom. The van der Waals surface area contributed by atoms with Crippen LogP contribution in [0.1, 0.15) is 30.0 Å². The van der Waals surface area contributed by atoms with Gasteiger partial charge in [-0.25, -0.2) is 5.48 Å². The molecule has 0 saturated heterocycles. The van der Waals surface area contributed by atoms with Gasteiger partial charge in [0.2, 0.25) is 0 Å². The zero-order valence-electron chi connectivity index (χ0n) is 7.74. The molecule has 0 saturated carbocycles. The Morgan fingerprint density at radius 3 is 2.85 bits per heavy atom. The van der Waals surface area contributed by atoms with Gasteiger partial charge in [0.15, 0.2) is 0 Å². The summed E-state index contributed by atoms with van der Waals surface area (Å²) in [5.41, 5.74) is 2.83. The fourth-order valence-corrected chi connectivity index (χ4v) is 1.12. The van der Waals surface area contributed by atoms with Gasteiger partial charge >= 0.3 is 0 Å². The van der Waals surface area contributed by atoms with Gasteiger partial charge in [0, 0.05) is 6.54 Å². The van der Waals surface area contributed by atoms with E-state index in [4.69, 9.17) is 5.21 Å². The van der Waals surface area contributed by atoms with Crippen LogP contribution in [0.15, 0.2) is 6.07 Å². The van der Waals surface area contributed by atoms with Crippen LogP contribution >= 0.6 is 0 Å². The first-order chi connectivity index (χ1) is 6.22. The van der Waals surface area contributed by atoms with Crippen LogP contribution in [-0.4, -0.2) is 20.9 Å². The van der Waals surface area contributed by atoms with Gasteiger partial charge in [0.1, 0.15) is 5.69 Å². The standard InChI is InChI=1S/C8H13N3O2/c1-3-6-5-7(8(12)10-13)11(4-2)9-6/h5,13H,3-4H2,1-2H3,(H,10,12). The largest absolute Gasteiger partial charge is 0.292 e. The Morgan fingerprint density at radius 2 is 2.38 bits per heavy atom. The second kappa shape index (κ2) is 4.04. The summed E-state index contributed by atoms with van der Waals surface area (Å²) in [4.78, 5) is 11.1. The lowest BCUT2D eigenvalue weighted by Crippen LogP contribution is -2.22. The molecule has 0 unspecified atom stereocenters. The molecule has 2 N–H and O–H groups in total. The van der Waals surface area contributed by atoms with Crippen molar-refractivity contribution >= 4 is 5.91 Å². The topological polar surface area (TPSA) is 67.2 Å². The molecule has 5 heteroatoms. The molecular weight excluding hydrogens is 170 g/mol. The highest BCUT2D eigenvalue weighted by atomic mass is 16.5. The summed E-state index contributed by atoms with van der Waals surface area (Å²) in [5, 5.41) is 12.6. The Labute approximate surface area is 76.3 Å². The average Bonchev–Trinajstić information content (AvgIpc) is 2.59. The van der Waals surface area contributed by atoms with Crippen molar-refractivity contribution in [2.75, 3.05) is 0 Å². The van der Waals surface area contributed by atoms with Crippen molar-refractivity contribution in [3.8, 4) is 0 Å². The fraction of sp³-hybridized carbons (Fsp3) is 0.500. The number of carbonyl (C=O) groups excluding carboxylic acids is 1. The summed E-state index contributed by atoms with van der Waals surface area (Å²) in [5.74, 6) is -0.519. The highest BCUT2D eigenvalue weighted by Gasteiger charge is 2.12. The highest BCUT2D eigenvalue weighted by molar-refractivity contribution is 5.91. The molecule has 1 aromatic rings.